The Balaban J connectivity index is 1.74. The SMILES string of the molecule is CN=C(NCCCN1CCCC1)NCc1ccc(F)cc1CSC. The van der Waals surface area contributed by atoms with Crippen LogP contribution in [0.1, 0.15) is 30.4 Å². The van der Waals surface area contributed by atoms with E-state index in [-0.39, 0.29) is 5.82 Å². The van der Waals surface area contributed by atoms with Gasteiger partial charge < -0.3 is 15.5 Å². The Morgan fingerprint density at radius 2 is 2.04 bits per heavy atom. The van der Waals surface area contributed by atoms with Crippen LogP contribution in [0.5, 0.6) is 0 Å². The molecule has 6 heteroatoms. The fraction of sp³-hybridized carbons (Fsp3) is 0.611. The first-order valence-corrected chi connectivity index (χ1v) is 10.1. The van der Waals surface area contributed by atoms with E-state index < -0.39 is 0 Å². The van der Waals surface area contributed by atoms with E-state index in [1.54, 1.807) is 24.9 Å². The molecule has 134 valence electrons. The lowest BCUT2D eigenvalue weighted by Gasteiger charge is -2.16. The van der Waals surface area contributed by atoms with E-state index in [1.807, 2.05) is 12.3 Å². The molecule has 2 N–H and O–H groups in total. The third-order valence-electron chi connectivity index (χ3n) is 4.28. The number of benzene rings is 1. The molecule has 0 bridgehead atoms. The monoisotopic (exact) mass is 352 g/mol. The van der Waals surface area contributed by atoms with Crippen LogP contribution in [0, 0.1) is 5.82 Å². The number of halogens is 1. The molecule has 1 aliphatic rings. The first kappa shape index (κ1) is 19.1. The molecule has 1 fully saturated rings. The smallest absolute Gasteiger partial charge is 0.191 e. The summed E-state index contributed by atoms with van der Waals surface area (Å²) in [4.78, 5) is 6.79. The molecule has 0 spiro atoms. The number of nitrogens with one attached hydrogen (secondary N) is 2. The van der Waals surface area contributed by atoms with Crippen molar-refractivity contribution in [3.63, 3.8) is 0 Å². The van der Waals surface area contributed by atoms with Crippen LogP contribution in [0.3, 0.4) is 0 Å². The van der Waals surface area contributed by atoms with Gasteiger partial charge in [-0.3, -0.25) is 4.99 Å². The summed E-state index contributed by atoms with van der Waals surface area (Å²) in [5.41, 5.74) is 2.16. The molecule has 1 aliphatic heterocycles. The van der Waals surface area contributed by atoms with Crippen LogP contribution in [0.4, 0.5) is 4.39 Å². The standard InChI is InChI=1S/C18H29FN4S/c1-20-18(21-8-5-11-23-9-3-4-10-23)22-13-15-6-7-17(19)12-16(15)14-24-2/h6-7,12H,3-5,8-11,13-14H2,1-2H3,(H2,20,21,22). The lowest BCUT2D eigenvalue weighted by Crippen LogP contribution is -2.38. The summed E-state index contributed by atoms with van der Waals surface area (Å²) in [5.74, 6) is 1.44. The molecular formula is C18H29FN4S. The van der Waals surface area contributed by atoms with Crippen LogP contribution in [0.2, 0.25) is 0 Å². The second-order valence-electron chi connectivity index (χ2n) is 6.10. The lowest BCUT2D eigenvalue weighted by molar-refractivity contribution is 0.334. The van der Waals surface area contributed by atoms with Crippen molar-refractivity contribution < 1.29 is 4.39 Å². The van der Waals surface area contributed by atoms with Gasteiger partial charge in [-0.15, -0.1) is 0 Å². The van der Waals surface area contributed by atoms with Crippen LogP contribution in [0.15, 0.2) is 23.2 Å². The van der Waals surface area contributed by atoms with Crippen LogP contribution in [-0.4, -0.2) is 50.3 Å². The van der Waals surface area contributed by atoms with Crippen molar-refractivity contribution in [2.45, 2.75) is 31.6 Å². The van der Waals surface area contributed by atoms with E-state index in [2.05, 4.69) is 20.5 Å². The molecule has 0 atom stereocenters. The van der Waals surface area contributed by atoms with Gasteiger partial charge in [0.2, 0.25) is 0 Å². The number of aliphatic imine (C=N–C) groups is 1. The minimum atomic E-state index is -0.174. The number of guanidine groups is 1. The van der Waals surface area contributed by atoms with E-state index >= 15 is 0 Å². The van der Waals surface area contributed by atoms with E-state index in [1.165, 1.54) is 32.0 Å². The number of rotatable bonds is 8. The number of likely N-dealkylation sites (tertiary alicyclic amines) is 1. The molecule has 1 heterocycles. The van der Waals surface area contributed by atoms with Crippen molar-refractivity contribution in [3.8, 4) is 0 Å². The van der Waals surface area contributed by atoms with Crippen LogP contribution in [-0.2, 0) is 12.3 Å². The average molecular weight is 353 g/mol. The topological polar surface area (TPSA) is 39.7 Å². The number of thioether (sulfide) groups is 1. The summed E-state index contributed by atoms with van der Waals surface area (Å²) in [6, 6.07) is 5.00. The van der Waals surface area contributed by atoms with E-state index in [4.69, 9.17) is 0 Å². The summed E-state index contributed by atoms with van der Waals surface area (Å²) in [5, 5.41) is 6.69. The Morgan fingerprint density at radius 1 is 1.25 bits per heavy atom. The van der Waals surface area contributed by atoms with Gasteiger partial charge in [0.15, 0.2) is 5.96 Å². The maximum atomic E-state index is 13.4. The van der Waals surface area contributed by atoms with Crippen molar-refractivity contribution >= 4 is 17.7 Å². The zero-order valence-corrected chi connectivity index (χ0v) is 15.6. The summed E-state index contributed by atoms with van der Waals surface area (Å²) in [7, 11) is 1.78. The zero-order chi connectivity index (χ0) is 17.2. The Labute approximate surface area is 149 Å². The molecule has 0 unspecified atom stereocenters. The Kier molecular flexibility index (Phi) is 8.39. The largest absolute Gasteiger partial charge is 0.356 e. The van der Waals surface area contributed by atoms with Gasteiger partial charge in [0.25, 0.3) is 0 Å². The van der Waals surface area contributed by atoms with Crippen molar-refractivity contribution in [1.29, 1.82) is 0 Å². The predicted octanol–water partition coefficient (Wildman–Crippen LogP) is 2.84. The van der Waals surface area contributed by atoms with E-state index in [0.717, 1.165) is 42.3 Å². The molecule has 4 nitrogen and oxygen atoms in total. The molecule has 0 radical (unpaired) electrons. The fourth-order valence-electron chi connectivity index (χ4n) is 2.97. The normalized spacial score (nSPS) is 15.7. The van der Waals surface area contributed by atoms with Gasteiger partial charge >= 0.3 is 0 Å². The minimum Gasteiger partial charge on any atom is -0.356 e. The molecule has 0 aliphatic carbocycles. The second kappa shape index (κ2) is 10.6. The Bertz CT molecular complexity index is 530. The van der Waals surface area contributed by atoms with Crippen molar-refractivity contribution in [3.05, 3.63) is 35.1 Å². The third-order valence-corrected chi connectivity index (χ3v) is 4.88. The molecule has 1 aromatic rings. The Morgan fingerprint density at radius 3 is 2.75 bits per heavy atom. The molecule has 1 saturated heterocycles. The lowest BCUT2D eigenvalue weighted by atomic mass is 10.1. The maximum Gasteiger partial charge on any atom is 0.191 e. The van der Waals surface area contributed by atoms with Gasteiger partial charge in [-0.2, -0.15) is 11.8 Å². The van der Waals surface area contributed by atoms with Crippen molar-refractivity contribution in [1.82, 2.24) is 15.5 Å². The van der Waals surface area contributed by atoms with Crippen molar-refractivity contribution in [2.24, 2.45) is 4.99 Å². The maximum absolute atomic E-state index is 13.4. The van der Waals surface area contributed by atoms with Crippen LogP contribution >= 0.6 is 11.8 Å². The van der Waals surface area contributed by atoms with Gasteiger partial charge in [-0.1, -0.05) is 6.07 Å². The third kappa shape index (κ3) is 6.32. The summed E-state index contributed by atoms with van der Waals surface area (Å²) in [6.45, 7) is 5.21. The van der Waals surface area contributed by atoms with Crippen LogP contribution < -0.4 is 10.6 Å². The highest BCUT2D eigenvalue weighted by Gasteiger charge is 2.10. The van der Waals surface area contributed by atoms with E-state index in [0.29, 0.717) is 6.54 Å². The van der Waals surface area contributed by atoms with Gasteiger partial charge in [0.05, 0.1) is 0 Å². The highest BCUT2D eigenvalue weighted by molar-refractivity contribution is 7.97. The summed E-state index contributed by atoms with van der Waals surface area (Å²) in [6.07, 6.45) is 5.83. The highest BCUT2D eigenvalue weighted by Crippen LogP contribution is 2.16. The minimum absolute atomic E-state index is 0.174. The first-order chi connectivity index (χ1) is 11.7. The molecule has 1 aromatic carbocycles. The van der Waals surface area contributed by atoms with Gasteiger partial charge in [-0.05, 0) is 68.4 Å². The first-order valence-electron chi connectivity index (χ1n) is 8.66. The highest BCUT2D eigenvalue weighted by atomic mass is 32.2. The molecule has 2 rings (SSSR count). The van der Waals surface area contributed by atoms with Gasteiger partial charge in [-0.25, -0.2) is 4.39 Å². The summed E-state index contributed by atoms with van der Waals surface area (Å²) >= 11 is 1.70. The summed E-state index contributed by atoms with van der Waals surface area (Å²) < 4.78 is 13.4. The van der Waals surface area contributed by atoms with Gasteiger partial charge in [0.1, 0.15) is 5.82 Å². The fourth-order valence-corrected chi connectivity index (χ4v) is 3.55. The molecule has 0 aromatic heterocycles. The number of hydrogen-bond donors (Lipinski definition) is 2. The molecule has 0 saturated carbocycles. The number of hydrogen-bond acceptors (Lipinski definition) is 3. The van der Waals surface area contributed by atoms with Crippen molar-refractivity contribution in [2.75, 3.05) is 39.5 Å². The van der Waals surface area contributed by atoms with Crippen LogP contribution in [0.25, 0.3) is 0 Å². The molecule has 24 heavy (non-hydrogen) atoms. The Hall–Kier alpha value is -1.27. The molecule has 0 amide bonds. The predicted molar refractivity (Wildman–Crippen MR) is 102 cm³/mol. The average Bonchev–Trinajstić information content (AvgIpc) is 3.09. The van der Waals surface area contributed by atoms with E-state index in [9.17, 15) is 4.39 Å². The second-order valence-corrected chi connectivity index (χ2v) is 6.97. The zero-order valence-electron chi connectivity index (χ0n) is 14.8. The quantitative estimate of drug-likeness (QED) is 0.429. The van der Waals surface area contributed by atoms with Gasteiger partial charge in [0, 0.05) is 25.9 Å². The molecular weight excluding hydrogens is 323 g/mol. The number of nitrogens with zero attached hydrogens (tertiary/aromatic N) is 2.